The Morgan fingerprint density at radius 3 is 2.44 bits per heavy atom. The van der Waals surface area contributed by atoms with Crippen LogP contribution >= 0.6 is 11.6 Å². The molecule has 2 aromatic rings. The van der Waals surface area contributed by atoms with E-state index in [1.807, 2.05) is 18.2 Å². The molecule has 0 saturated carbocycles. The van der Waals surface area contributed by atoms with Gasteiger partial charge in [-0.3, -0.25) is 0 Å². The van der Waals surface area contributed by atoms with Crippen LogP contribution in [-0.2, 0) is 11.2 Å². The van der Waals surface area contributed by atoms with Gasteiger partial charge in [-0.15, -0.1) is 0 Å². The van der Waals surface area contributed by atoms with Gasteiger partial charge in [0, 0.05) is 5.02 Å². The van der Waals surface area contributed by atoms with Crippen molar-refractivity contribution in [1.82, 2.24) is 0 Å². The van der Waals surface area contributed by atoms with Gasteiger partial charge in [-0.1, -0.05) is 51.4 Å². The minimum Gasteiger partial charge on any atom is -0.479 e. The number of ether oxygens (including phenoxy) is 2. The summed E-state index contributed by atoms with van der Waals surface area (Å²) in [6.45, 7) is -0.457. The van der Waals surface area contributed by atoms with Gasteiger partial charge in [0.2, 0.25) is 0 Å². The molecule has 3 rings (SSSR count). The Hall–Kier alpha value is -3.26. The third-order valence-electron chi connectivity index (χ3n) is 5.23. The van der Waals surface area contributed by atoms with E-state index in [0.717, 1.165) is 11.1 Å². The first kappa shape index (κ1) is 23.4. The van der Waals surface area contributed by atoms with E-state index in [9.17, 15) is 19.8 Å². The van der Waals surface area contributed by atoms with Crippen molar-refractivity contribution in [1.29, 1.82) is 5.26 Å². The topological polar surface area (TPSA) is 151 Å². The second kappa shape index (κ2) is 10.9. The van der Waals surface area contributed by atoms with Crippen LogP contribution < -0.4 is 4.74 Å². The summed E-state index contributed by atoms with van der Waals surface area (Å²) in [5.41, 5.74) is 2.14. The molecule has 1 fully saturated rings. The molecule has 0 bridgehead atoms. The molecule has 5 unspecified atom stereocenters. The monoisotopic (exact) mass is 458 g/mol. The normalized spacial score (nSPS) is 24.8. The minimum absolute atomic E-state index is 0.0470. The average Bonchev–Trinajstić information content (AvgIpc) is 2.81. The summed E-state index contributed by atoms with van der Waals surface area (Å²) in [5, 5.41) is 28.1. The Bertz CT molecular complexity index is 1010. The van der Waals surface area contributed by atoms with Crippen LogP contribution in [0.2, 0.25) is 5.02 Å². The van der Waals surface area contributed by atoms with E-state index in [4.69, 9.17) is 26.3 Å². The van der Waals surface area contributed by atoms with Crippen molar-refractivity contribution in [3.05, 3.63) is 78.9 Å². The molecule has 2 aromatic carbocycles. The van der Waals surface area contributed by atoms with Crippen molar-refractivity contribution in [2.45, 2.75) is 36.8 Å². The largest absolute Gasteiger partial charge is 0.479 e. The molecule has 1 saturated heterocycles. The second-order valence-electron chi connectivity index (χ2n) is 7.21. The lowest BCUT2D eigenvalue weighted by atomic mass is 9.87. The molecule has 1 N–H and O–H groups in total. The minimum atomic E-state index is -1.44. The standard InChI is InChI=1S/C21H19ClN4O6/c22-16-6-3-13(10-14(16)9-12-1-4-15(5-2-12)31-8-7-23)21-20(27)19(26-30)18(25-29)17(32-21)11-24-28/h1-6,10,17-21,27H,8-9,11H2. The summed E-state index contributed by atoms with van der Waals surface area (Å²) >= 11 is 6.36. The van der Waals surface area contributed by atoms with Gasteiger partial charge in [-0.05, 0) is 41.3 Å². The Morgan fingerprint density at radius 2 is 1.81 bits per heavy atom. The highest BCUT2D eigenvalue weighted by Crippen LogP contribution is 2.36. The summed E-state index contributed by atoms with van der Waals surface area (Å²) in [7, 11) is 0. The summed E-state index contributed by atoms with van der Waals surface area (Å²) in [6, 6.07) is 11.3. The highest BCUT2D eigenvalue weighted by Gasteiger charge is 2.48. The highest BCUT2D eigenvalue weighted by atomic mass is 35.5. The molecule has 1 aliphatic rings. The molecule has 0 aromatic heterocycles. The molecule has 0 radical (unpaired) electrons. The van der Waals surface area contributed by atoms with Gasteiger partial charge in [-0.25, -0.2) is 0 Å². The van der Waals surface area contributed by atoms with E-state index < -0.39 is 36.9 Å². The van der Waals surface area contributed by atoms with Gasteiger partial charge in [0.05, 0.1) is 0 Å². The van der Waals surface area contributed by atoms with Crippen molar-refractivity contribution < 1.29 is 14.6 Å². The Labute approximate surface area is 188 Å². The lowest BCUT2D eigenvalue weighted by molar-refractivity contribution is -0.134. The van der Waals surface area contributed by atoms with Crippen molar-refractivity contribution in [3.8, 4) is 11.8 Å². The maximum Gasteiger partial charge on any atom is 0.174 e. The predicted octanol–water partition coefficient (Wildman–Crippen LogP) is 3.67. The number of rotatable bonds is 9. The number of halogens is 1. The molecular formula is C21H19ClN4O6. The zero-order chi connectivity index (χ0) is 23.1. The molecular weight excluding hydrogens is 440 g/mol. The maximum atomic E-state index is 11.3. The first-order valence-corrected chi connectivity index (χ1v) is 10.0. The number of benzene rings is 2. The fourth-order valence-corrected chi connectivity index (χ4v) is 3.84. The summed E-state index contributed by atoms with van der Waals surface area (Å²) in [6.07, 6.45) is -3.11. The summed E-state index contributed by atoms with van der Waals surface area (Å²) < 4.78 is 11.0. The van der Waals surface area contributed by atoms with Crippen LogP contribution in [0.15, 0.2) is 58.0 Å². The van der Waals surface area contributed by atoms with E-state index in [-0.39, 0.29) is 6.61 Å². The fraction of sp³-hybridized carbons (Fsp3) is 0.381. The molecule has 32 heavy (non-hydrogen) atoms. The van der Waals surface area contributed by atoms with Crippen LogP contribution in [0.3, 0.4) is 0 Å². The average molecular weight is 459 g/mol. The highest BCUT2D eigenvalue weighted by molar-refractivity contribution is 6.31. The Kier molecular flexibility index (Phi) is 7.94. The van der Waals surface area contributed by atoms with Crippen LogP contribution in [-0.4, -0.2) is 42.5 Å². The second-order valence-corrected chi connectivity index (χ2v) is 7.61. The molecule has 0 spiro atoms. The van der Waals surface area contributed by atoms with E-state index in [2.05, 4.69) is 15.5 Å². The van der Waals surface area contributed by atoms with Gasteiger partial charge in [0.15, 0.2) is 6.61 Å². The van der Waals surface area contributed by atoms with Gasteiger partial charge in [-0.2, -0.15) is 20.0 Å². The smallest absolute Gasteiger partial charge is 0.174 e. The first-order chi connectivity index (χ1) is 15.5. The van der Waals surface area contributed by atoms with Gasteiger partial charge in [0.25, 0.3) is 0 Å². The molecule has 0 aliphatic carbocycles. The first-order valence-electron chi connectivity index (χ1n) is 9.67. The quantitative estimate of drug-likeness (QED) is 0.562. The number of nitriles is 1. The molecule has 166 valence electrons. The van der Waals surface area contributed by atoms with E-state index >= 15 is 0 Å². The van der Waals surface area contributed by atoms with Gasteiger partial charge in [0.1, 0.15) is 48.8 Å². The van der Waals surface area contributed by atoms with Crippen molar-refractivity contribution in [2.75, 3.05) is 13.2 Å². The number of aliphatic hydroxyl groups excluding tert-OH is 1. The van der Waals surface area contributed by atoms with Crippen LogP contribution in [0.4, 0.5) is 0 Å². The van der Waals surface area contributed by atoms with Crippen LogP contribution in [0.5, 0.6) is 5.75 Å². The molecule has 1 heterocycles. The Morgan fingerprint density at radius 1 is 1.09 bits per heavy atom. The molecule has 5 atom stereocenters. The van der Waals surface area contributed by atoms with Crippen LogP contribution in [0, 0.1) is 26.1 Å². The van der Waals surface area contributed by atoms with E-state index in [1.165, 1.54) is 0 Å². The summed E-state index contributed by atoms with van der Waals surface area (Å²) in [5.74, 6) is 0.564. The van der Waals surface area contributed by atoms with Crippen molar-refractivity contribution in [3.63, 3.8) is 0 Å². The molecule has 10 nitrogen and oxygen atoms in total. The van der Waals surface area contributed by atoms with Crippen LogP contribution in [0.25, 0.3) is 0 Å². The zero-order valence-corrected chi connectivity index (χ0v) is 17.5. The zero-order valence-electron chi connectivity index (χ0n) is 16.7. The van der Waals surface area contributed by atoms with Gasteiger partial charge >= 0.3 is 0 Å². The third kappa shape index (κ3) is 5.13. The third-order valence-corrected chi connectivity index (χ3v) is 5.60. The lowest BCUT2D eigenvalue weighted by Crippen LogP contribution is -2.53. The molecule has 1 aliphatic heterocycles. The number of nitroso groups, excluding NO2 is 3. The summed E-state index contributed by atoms with van der Waals surface area (Å²) in [4.78, 5) is 33.2. The van der Waals surface area contributed by atoms with Crippen molar-refractivity contribution in [2.24, 2.45) is 15.5 Å². The van der Waals surface area contributed by atoms with Gasteiger partial charge < -0.3 is 14.6 Å². The fourth-order valence-electron chi connectivity index (χ4n) is 3.65. The van der Waals surface area contributed by atoms with Crippen molar-refractivity contribution >= 4 is 11.6 Å². The van der Waals surface area contributed by atoms with E-state index in [1.54, 1.807) is 30.3 Å². The molecule has 0 amide bonds. The number of hydrogen-bond donors (Lipinski definition) is 1. The maximum absolute atomic E-state index is 11.3. The predicted molar refractivity (Wildman–Crippen MR) is 115 cm³/mol. The number of nitrogens with zero attached hydrogens (tertiary/aromatic N) is 4. The number of aliphatic hydroxyl groups is 1. The van der Waals surface area contributed by atoms with E-state index in [0.29, 0.717) is 22.8 Å². The number of hydrogen-bond acceptors (Lipinski definition) is 10. The lowest BCUT2D eigenvalue weighted by Gasteiger charge is -2.38. The SMILES string of the molecule is N#CCOc1ccc(Cc2cc(C3OC(CN=O)C(N=O)C(N=O)C3O)ccc2Cl)cc1. The molecule has 11 heteroatoms. The van der Waals surface area contributed by atoms with Crippen LogP contribution in [0.1, 0.15) is 22.8 Å². The Balaban J connectivity index is 1.85.